The minimum Gasteiger partial charge on any atom is -0.353 e. The standard InChI is InChI=1S/C24H31N3O2/c1-18(23(25)20-10-6-3-7-11-20)24(29)26-21-14-16-27(17-15-21)22(28)13-12-19-8-4-2-5-9-19/h2-11,18,21,23H,12-17,25H2,1H3,(H,26,29). The number of rotatable bonds is 7. The summed E-state index contributed by atoms with van der Waals surface area (Å²) in [4.78, 5) is 27.0. The molecule has 2 aromatic carbocycles. The first-order chi connectivity index (χ1) is 14.0. The molecule has 5 nitrogen and oxygen atoms in total. The van der Waals surface area contributed by atoms with Gasteiger partial charge >= 0.3 is 0 Å². The largest absolute Gasteiger partial charge is 0.353 e. The van der Waals surface area contributed by atoms with E-state index in [-0.39, 0.29) is 29.8 Å². The maximum absolute atomic E-state index is 12.6. The summed E-state index contributed by atoms with van der Waals surface area (Å²) in [5.41, 5.74) is 8.43. The molecule has 0 bridgehead atoms. The summed E-state index contributed by atoms with van der Waals surface area (Å²) >= 11 is 0. The van der Waals surface area contributed by atoms with Crippen LogP contribution < -0.4 is 11.1 Å². The van der Waals surface area contributed by atoms with Gasteiger partial charge in [0.05, 0.1) is 5.92 Å². The normalized spacial score (nSPS) is 16.8. The molecule has 2 unspecified atom stereocenters. The molecular formula is C24H31N3O2. The molecule has 1 saturated heterocycles. The molecule has 0 aliphatic carbocycles. The average molecular weight is 394 g/mol. The van der Waals surface area contributed by atoms with E-state index in [4.69, 9.17) is 5.73 Å². The number of likely N-dealkylation sites (tertiary alicyclic amines) is 1. The summed E-state index contributed by atoms with van der Waals surface area (Å²) in [6.07, 6.45) is 2.88. The van der Waals surface area contributed by atoms with Gasteiger partial charge in [-0.3, -0.25) is 9.59 Å². The molecule has 29 heavy (non-hydrogen) atoms. The summed E-state index contributed by atoms with van der Waals surface area (Å²) in [5, 5.41) is 3.13. The van der Waals surface area contributed by atoms with Crippen LogP contribution in [0, 0.1) is 5.92 Å². The highest BCUT2D eigenvalue weighted by atomic mass is 16.2. The lowest BCUT2D eigenvalue weighted by Crippen LogP contribution is -2.48. The Labute approximate surface area is 173 Å². The van der Waals surface area contributed by atoms with Gasteiger partial charge in [0, 0.05) is 31.6 Å². The van der Waals surface area contributed by atoms with Crippen molar-refractivity contribution in [2.45, 2.75) is 44.7 Å². The monoisotopic (exact) mass is 393 g/mol. The van der Waals surface area contributed by atoms with Crippen molar-refractivity contribution in [3.8, 4) is 0 Å². The predicted octanol–water partition coefficient (Wildman–Crippen LogP) is 3.06. The summed E-state index contributed by atoms with van der Waals surface area (Å²) in [7, 11) is 0. The maximum atomic E-state index is 12.6. The first kappa shape index (κ1) is 21.1. The highest BCUT2D eigenvalue weighted by Crippen LogP contribution is 2.20. The molecule has 1 aliphatic heterocycles. The van der Waals surface area contributed by atoms with E-state index in [1.54, 1.807) is 0 Å². The molecule has 0 radical (unpaired) electrons. The zero-order chi connectivity index (χ0) is 20.6. The average Bonchev–Trinajstić information content (AvgIpc) is 2.78. The number of nitrogens with two attached hydrogens (primary N) is 1. The molecule has 0 spiro atoms. The van der Waals surface area contributed by atoms with Gasteiger partial charge in [0.15, 0.2) is 0 Å². The van der Waals surface area contributed by atoms with E-state index in [1.165, 1.54) is 5.56 Å². The number of aryl methyl sites for hydroxylation is 1. The van der Waals surface area contributed by atoms with Crippen LogP contribution in [-0.2, 0) is 16.0 Å². The van der Waals surface area contributed by atoms with Gasteiger partial charge in [-0.25, -0.2) is 0 Å². The highest BCUT2D eigenvalue weighted by Gasteiger charge is 2.27. The van der Waals surface area contributed by atoms with Crippen LogP contribution in [0.5, 0.6) is 0 Å². The van der Waals surface area contributed by atoms with Crippen molar-refractivity contribution in [1.29, 1.82) is 0 Å². The molecule has 5 heteroatoms. The predicted molar refractivity (Wildman–Crippen MR) is 115 cm³/mol. The fourth-order valence-corrected chi connectivity index (χ4v) is 3.79. The molecule has 2 aromatic rings. The summed E-state index contributed by atoms with van der Waals surface area (Å²) in [6, 6.07) is 19.6. The number of nitrogens with zero attached hydrogens (tertiary/aromatic N) is 1. The first-order valence-corrected chi connectivity index (χ1v) is 10.5. The number of piperidine rings is 1. The smallest absolute Gasteiger partial charge is 0.224 e. The second kappa shape index (κ2) is 10.2. The van der Waals surface area contributed by atoms with Gasteiger partial charge in [-0.1, -0.05) is 67.6 Å². The second-order valence-corrected chi connectivity index (χ2v) is 7.87. The van der Waals surface area contributed by atoms with E-state index in [0.717, 1.165) is 24.8 Å². The molecule has 0 saturated carbocycles. The van der Waals surface area contributed by atoms with Gasteiger partial charge in [-0.2, -0.15) is 0 Å². The van der Waals surface area contributed by atoms with Crippen molar-refractivity contribution in [2.75, 3.05) is 13.1 Å². The van der Waals surface area contributed by atoms with Crippen molar-refractivity contribution in [1.82, 2.24) is 10.2 Å². The van der Waals surface area contributed by atoms with Crippen LogP contribution in [-0.4, -0.2) is 35.8 Å². The molecule has 2 atom stereocenters. The van der Waals surface area contributed by atoms with Crippen LogP contribution in [0.3, 0.4) is 0 Å². The third kappa shape index (κ3) is 5.91. The fourth-order valence-electron chi connectivity index (χ4n) is 3.79. The number of carbonyl (C=O) groups is 2. The Morgan fingerprint density at radius 3 is 2.24 bits per heavy atom. The van der Waals surface area contributed by atoms with Crippen LogP contribution in [0.2, 0.25) is 0 Å². The van der Waals surface area contributed by atoms with E-state index in [0.29, 0.717) is 19.5 Å². The lowest BCUT2D eigenvalue weighted by atomic mass is 9.94. The first-order valence-electron chi connectivity index (χ1n) is 10.5. The molecule has 3 rings (SSSR count). The van der Waals surface area contributed by atoms with Crippen LogP contribution in [0.25, 0.3) is 0 Å². The van der Waals surface area contributed by atoms with Gasteiger partial charge in [0.25, 0.3) is 0 Å². The SMILES string of the molecule is CC(C(=O)NC1CCN(C(=O)CCc2ccccc2)CC1)C(N)c1ccccc1. The second-order valence-electron chi connectivity index (χ2n) is 7.87. The topological polar surface area (TPSA) is 75.4 Å². The minimum absolute atomic E-state index is 0.0183. The molecule has 3 N–H and O–H groups in total. The van der Waals surface area contributed by atoms with Crippen molar-refractivity contribution < 1.29 is 9.59 Å². The number of hydrogen-bond acceptors (Lipinski definition) is 3. The molecule has 1 aliphatic rings. The molecule has 2 amide bonds. The maximum Gasteiger partial charge on any atom is 0.224 e. The third-order valence-corrected chi connectivity index (χ3v) is 5.80. The number of amides is 2. The number of hydrogen-bond donors (Lipinski definition) is 2. The van der Waals surface area contributed by atoms with Crippen LogP contribution in [0.1, 0.15) is 43.4 Å². The Bertz CT molecular complexity index is 786. The Hall–Kier alpha value is -2.66. The van der Waals surface area contributed by atoms with E-state index in [1.807, 2.05) is 60.4 Å². The van der Waals surface area contributed by atoms with Gasteiger partial charge in [-0.15, -0.1) is 0 Å². The van der Waals surface area contributed by atoms with E-state index < -0.39 is 0 Å². The highest BCUT2D eigenvalue weighted by molar-refractivity contribution is 5.80. The van der Waals surface area contributed by atoms with E-state index in [2.05, 4.69) is 17.4 Å². The van der Waals surface area contributed by atoms with Gasteiger partial charge in [-0.05, 0) is 30.4 Å². The number of benzene rings is 2. The Kier molecular flexibility index (Phi) is 7.42. The van der Waals surface area contributed by atoms with E-state index in [9.17, 15) is 9.59 Å². The minimum atomic E-state index is -0.323. The summed E-state index contributed by atoms with van der Waals surface area (Å²) < 4.78 is 0. The lowest BCUT2D eigenvalue weighted by molar-refractivity contribution is -0.132. The van der Waals surface area contributed by atoms with Crippen LogP contribution in [0.4, 0.5) is 0 Å². The molecule has 1 fully saturated rings. The van der Waals surface area contributed by atoms with Crippen molar-refractivity contribution in [3.63, 3.8) is 0 Å². The third-order valence-electron chi connectivity index (χ3n) is 5.80. The Morgan fingerprint density at radius 2 is 1.62 bits per heavy atom. The lowest BCUT2D eigenvalue weighted by Gasteiger charge is -2.33. The zero-order valence-corrected chi connectivity index (χ0v) is 17.1. The molecule has 1 heterocycles. The Morgan fingerprint density at radius 1 is 1.03 bits per heavy atom. The van der Waals surface area contributed by atoms with Crippen LogP contribution in [0.15, 0.2) is 60.7 Å². The van der Waals surface area contributed by atoms with Crippen LogP contribution >= 0.6 is 0 Å². The van der Waals surface area contributed by atoms with Gasteiger partial charge < -0.3 is 16.0 Å². The molecule has 0 aromatic heterocycles. The van der Waals surface area contributed by atoms with Gasteiger partial charge in [0.2, 0.25) is 11.8 Å². The zero-order valence-electron chi connectivity index (χ0n) is 17.1. The van der Waals surface area contributed by atoms with Crippen molar-refractivity contribution in [3.05, 3.63) is 71.8 Å². The number of nitrogens with one attached hydrogen (secondary N) is 1. The van der Waals surface area contributed by atoms with Gasteiger partial charge in [0.1, 0.15) is 0 Å². The van der Waals surface area contributed by atoms with Crippen molar-refractivity contribution in [2.24, 2.45) is 11.7 Å². The summed E-state index contributed by atoms with van der Waals surface area (Å²) in [6.45, 7) is 3.25. The molecular weight excluding hydrogens is 362 g/mol. The molecule has 154 valence electrons. The fraction of sp³-hybridized carbons (Fsp3) is 0.417. The quantitative estimate of drug-likeness (QED) is 0.759. The number of carbonyl (C=O) groups excluding carboxylic acids is 2. The Balaban J connectivity index is 1.42. The van der Waals surface area contributed by atoms with E-state index >= 15 is 0 Å². The summed E-state index contributed by atoms with van der Waals surface area (Å²) in [5.74, 6) is -0.128. The van der Waals surface area contributed by atoms with Crippen molar-refractivity contribution >= 4 is 11.8 Å².